The van der Waals surface area contributed by atoms with Crippen LogP contribution in [0.1, 0.15) is 44.0 Å². The number of hydrogen-bond acceptors (Lipinski definition) is 4. The van der Waals surface area contributed by atoms with Gasteiger partial charge in [-0.15, -0.1) is 0 Å². The van der Waals surface area contributed by atoms with E-state index in [-0.39, 0.29) is 24.2 Å². The molecule has 0 saturated heterocycles. The molecule has 2 amide bonds. The van der Waals surface area contributed by atoms with Gasteiger partial charge in [0.2, 0.25) is 5.91 Å². The number of hydrogen-bond donors (Lipinski definition) is 3. The molecular formula is C18H26N2O5. The molecule has 7 nitrogen and oxygen atoms in total. The van der Waals surface area contributed by atoms with E-state index >= 15 is 0 Å². The van der Waals surface area contributed by atoms with E-state index in [4.69, 9.17) is 9.84 Å². The fourth-order valence-electron chi connectivity index (χ4n) is 2.24. The van der Waals surface area contributed by atoms with Crippen molar-refractivity contribution < 1.29 is 24.2 Å². The third-order valence-corrected chi connectivity index (χ3v) is 3.55. The first-order valence-corrected chi connectivity index (χ1v) is 8.39. The Labute approximate surface area is 147 Å². The van der Waals surface area contributed by atoms with Crippen molar-refractivity contribution in [3.8, 4) is 5.75 Å². The second kappa shape index (κ2) is 10.3. The molecule has 138 valence electrons. The van der Waals surface area contributed by atoms with Crippen molar-refractivity contribution >= 4 is 17.8 Å². The number of nitrogens with one attached hydrogen (secondary N) is 2. The molecule has 0 aliphatic carbocycles. The van der Waals surface area contributed by atoms with E-state index in [0.717, 1.165) is 0 Å². The highest BCUT2D eigenvalue weighted by Gasteiger charge is 2.23. The average molecular weight is 350 g/mol. The Kier molecular flexibility index (Phi) is 8.46. The number of ether oxygens (including phenoxy) is 1. The number of carbonyl (C=O) groups is 3. The third kappa shape index (κ3) is 6.82. The van der Waals surface area contributed by atoms with Crippen molar-refractivity contribution in [3.05, 3.63) is 29.8 Å². The number of aliphatic carboxylic acids is 1. The Bertz CT molecular complexity index is 601. The molecular weight excluding hydrogens is 324 g/mol. The van der Waals surface area contributed by atoms with Gasteiger partial charge in [0.05, 0.1) is 12.2 Å². The standard InChI is InChI=1S/C18H26N2O5/c1-4-25-14-9-6-5-8-13(14)17(22)19-11-7-10-15(21)20-16(12(2)3)18(23)24/h5-6,8-9,12,16H,4,7,10-11H2,1-3H3,(H,19,22)(H,20,21)(H,23,24)/t16-/m1/s1. The van der Waals surface area contributed by atoms with E-state index in [0.29, 0.717) is 30.9 Å². The summed E-state index contributed by atoms with van der Waals surface area (Å²) in [7, 11) is 0. The zero-order valence-electron chi connectivity index (χ0n) is 14.9. The van der Waals surface area contributed by atoms with E-state index in [1.54, 1.807) is 38.1 Å². The van der Waals surface area contributed by atoms with E-state index < -0.39 is 12.0 Å². The van der Waals surface area contributed by atoms with Gasteiger partial charge in [0.1, 0.15) is 11.8 Å². The van der Waals surface area contributed by atoms with Crippen molar-refractivity contribution in [3.63, 3.8) is 0 Å². The van der Waals surface area contributed by atoms with E-state index in [9.17, 15) is 14.4 Å². The van der Waals surface area contributed by atoms with Crippen molar-refractivity contribution in [1.29, 1.82) is 0 Å². The summed E-state index contributed by atoms with van der Waals surface area (Å²) in [6.07, 6.45) is 0.558. The number of carboxylic acids is 1. The van der Waals surface area contributed by atoms with Crippen molar-refractivity contribution in [2.45, 2.75) is 39.7 Å². The number of benzene rings is 1. The summed E-state index contributed by atoms with van der Waals surface area (Å²) in [5.74, 6) is -1.35. The molecule has 0 radical (unpaired) electrons. The summed E-state index contributed by atoms with van der Waals surface area (Å²) in [6.45, 7) is 6.08. The highest BCUT2D eigenvalue weighted by Crippen LogP contribution is 2.17. The maximum absolute atomic E-state index is 12.2. The summed E-state index contributed by atoms with van der Waals surface area (Å²) in [5, 5.41) is 14.3. The molecule has 1 aromatic rings. The van der Waals surface area contributed by atoms with Gasteiger partial charge in [0, 0.05) is 13.0 Å². The van der Waals surface area contributed by atoms with Gasteiger partial charge in [0.25, 0.3) is 5.91 Å². The minimum atomic E-state index is -1.05. The Morgan fingerprint density at radius 2 is 1.88 bits per heavy atom. The number of rotatable bonds is 10. The van der Waals surface area contributed by atoms with Gasteiger partial charge in [-0.1, -0.05) is 26.0 Å². The van der Waals surface area contributed by atoms with E-state index in [1.807, 2.05) is 6.92 Å². The topological polar surface area (TPSA) is 105 Å². The van der Waals surface area contributed by atoms with Crippen molar-refractivity contribution in [2.75, 3.05) is 13.2 Å². The van der Waals surface area contributed by atoms with Crippen LogP contribution in [0.15, 0.2) is 24.3 Å². The fraction of sp³-hybridized carbons (Fsp3) is 0.500. The van der Waals surface area contributed by atoms with Gasteiger partial charge in [-0.3, -0.25) is 9.59 Å². The lowest BCUT2D eigenvalue weighted by atomic mass is 10.0. The summed E-state index contributed by atoms with van der Waals surface area (Å²) >= 11 is 0. The van der Waals surface area contributed by atoms with Crippen LogP contribution in [0.25, 0.3) is 0 Å². The van der Waals surface area contributed by atoms with Crippen LogP contribution in [0, 0.1) is 5.92 Å². The van der Waals surface area contributed by atoms with Crippen LogP contribution in [-0.4, -0.2) is 42.1 Å². The van der Waals surface area contributed by atoms with Crippen molar-refractivity contribution in [1.82, 2.24) is 10.6 Å². The first-order valence-electron chi connectivity index (χ1n) is 8.39. The summed E-state index contributed by atoms with van der Waals surface area (Å²) in [5.41, 5.74) is 0.444. The molecule has 7 heteroatoms. The largest absolute Gasteiger partial charge is 0.493 e. The molecule has 3 N–H and O–H groups in total. The molecule has 0 bridgehead atoms. The lowest BCUT2D eigenvalue weighted by Gasteiger charge is -2.17. The highest BCUT2D eigenvalue weighted by molar-refractivity contribution is 5.96. The number of amides is 2. The lowest BCUT2D eigenvalue weighted by Crippen LogP contribution is -2.44. The molecule has 0 fully saturated rings. The minimum absolute atomic E-state index is 0.143. The van der Waals surface area contributed by atoms with Crippen LogP contribution >= 0.6 is 0 Å². The van der Waals surface area contributed by atoms with Crippen LogP contribution in [0.3, 0.4) is 0 Å². The molecule has 1 atom stereocenters. The van der Waals surface area contributed by atoms with E-state index in [2.05, 4.69) is 10.6 Å². The molecule has 0 heterocycles. The molecule has 0 spiro atoms. The Morgan fingerprint density at radius 3 is 2.48 bits per heavy atom. The predicted molar refractivity (Wildman–Crippen MR) is 93.6 cm³/mol. The number of para-hydroxylation sites is 1. The van der Waals surface area contributed by atoms with Gasteiger partial charge in [-0.05, 0) is 31.4 Å². The third-order valence-electron chi connectivity index (χ3n) is 3.55. The summed E-state index contributed by atoms with van der Waals surface area (Å²) in [6, 6.07) is 6.04. The lowest BCUT2D eigenvalue weighted by molar-refractivity contribution is -0.143. The van der Waals surface area contributed by atoms with Gasteiger partial charge >= 0.3 is 5.97 Å². The summed E-state index contributed by atoms with van der Waals surface area (Å²) in [4.78, 5) is 35.0. The first kappa shape index (κ1) is 20.5. The van der Waals surface area contributed by atoms with Gasteiger partial charge < -0.3 is 20.5 Å². The highest BCUT2D eigenvalue weighted by atomic mass is 16.5. The van der Waals surface area contributed by atoms with Crippen LogP contribution in [0.2, 0.25) is 0 Å². The molecule has 0 unspecified atom stereocenters. The molecule has 0 aliphatic heterocycles. The fourth-order valence-corrected chi connectivity index (χ4v) is 2.24. The monoisotopic (exact) mass is 350 g/mol. The zero-order valence-corrected chi connectivity index (χ0v) is 14.9. The van der Waals surface area contributed by atoms with Gasteiger partial charge in [0.15, 0.2) is 0 Å². The van der Waals surface area contributed by atoms with E-state index in [1.165, 1.54) is 0 Å². The Morgan fingerprint density at radius 1 is 1.20 bits per heavy atom. The number of carboxylic acid groups (broad SMARTS) is 1. The second-order valence-electron chi connectivity index (χ2n) is 5.92. The average Bonchev–Trinajstić information content (AvgIpc) is 2.56. The minimum Gasteiger partial charge on any atom is -0.493 e. The molecule has 1 rings (SSSR count). The SMILES string of the molecule is CCOc1ccccc1C(=O)NCCCC(=O)N[C@@H](C(=O)O)C(C)C. The molecule has 25 heavy (non-hydrogen) atoms. The maximum atomic E-state index is 12.2. The number of carbonyl (C=O) groups excluding carboxylic acids is 2. The first-order chi connectivity index (χ1) is 11.9. The molecule has 1 aromatic carbocycles. The quantitative estimate of drug-likeness (QED) is 0.558. The molecule has 0 aliphatic rings. The molecule has 0 saturated carbocycles. The Balaban J connectivity index is 2.41. The predicted octanol–water partition coefficient (Wildman–Crippen LogP) is 1.82. The maximum Gasteiger partial charge on any atom is 0.326 e. The Hall–Kier alpha value is -2.57. The summed E-state index contributed by atoms with van der Waals surface area (Å²) < 4.78 is 5.41. The molecule has 0 aromatic heterocycles. The smallest absolute Gasteiger partial charge is 0.326 e. The van der Waals surface area contributed by atoms with Crippen molar-refractivity contribution in [2.24, 2.45) is 5.92 Å². The van der Waals surface area contributed by atoms with Crippen LogP contribution in [0.5, 0.6) is 5.75 Å². The van der Waals surface area contributed by atoms with Crippen LogP contribution in [0.4, 0.5) is 0 Å². The zero-order chi connectivity index (χ0) is 18.8. The van der Waals surface area contributed by atoms with Gasteiger partial charge in [-0.2, -0.15) is 0 Å². The van der Waals surface area contributed by atoms with Crippen LogP contribution < -0.4 is 15.4 Å². The van der Waals surface area contributed by atoms with Crippen LogP contribution in [-0.2, 0) is 9.59 Å². The second-order valence-corrected chi connectivity index (χ2v) is 5.92. The van der Waals surface area contributed by atoms with Gasteiger partial charge in [-0.25, -0.2) is 4.79 Å². The normalized spacial score (nSPS) is 11.7.